The van der Waals surface area contributed by atoms with Gasteiger partial charge in [-0.15, -0.1) is 0 Å². The molecule has 2 rings (SSSR count). The standard InChI is InChI=1S/C11H18N4O2/c1-15-9(2-3-14-15)7-13-11(16)6-10-8-12-4-5-17-10/h2-3,10,12H,4-8H2,1H3,(H,13,16). The Balaban J connectivity index is 1.72. The van der Waals surface area contributed by atoms with Crippen LogP contribution in [0.2, 0.25) is 0 Å². The summed E-state index contributed by atoms with van der Waals surface area (Å²) in [4.78, 5) is 11.7. The summed E-state index contributed by atoms with van der Waals surface area (Å²) >= 11 is 0. The Hall–Kier alpha value is -1.40. The van der Waals surface area contributed by atoms with Crippen LogP contribution in [0.15, 0.2) is 12.3 Å². The van der Waals surface area contributed by atoms with Crippen molar-refractivity contribution in [1.29, 1.82) is 0 Å². The second kappa shape index (κ2) is 5.79. The molecule has 1 unspecified atom stereocenters. The molecule has 1 atom stereocenters. The van der Waals surface area contributed by atoms with Gasteiger partial charge in [-0.05, 0) is 6.07 Å². The third-order valence-corrected chi connectivity index (χ3v) is 2.81. The van der Waals surface area contributed by atoms with Gasteiger partial charge in [-0.3, -0.25) is 9.48 Å². The largest absolute Gasteiger partial charge is 0.375 e. The van der Waals surface area contributed by atoms with Crippen LogP contribution in [0, 0.1) is 0 Å². The molecule has 17 heavy (non-hydrogen) atoms. The number of nitrogens with zero attached hydrogens (tertiary/aromatic N) is 2. The highest BCUT2D eigenvalue weighted by Gasteiger charge is 2.17. The molecular weight excluding hydrogens is 220 g/mol. The molecular formula is C11H18N4O2. The van der Waals surface area contributed by atoms with Crippen molar-refractivity contribution in [3.63, 3.8) is 0 Å². The molecule has 0 saturated carbocycles. The number of carbonyl (C=O) groups is 1. The highest BCUT2D eigenvalue weighted by atomic mass is 16.5. The fraction of sp³-hybridized carbons (Fsp3) is 0.636. The van der Waals surface area contributed by atoms with E-state index in [4.69, 9.17) is 4.74 Å². The number of morpholine rings is 1. The van der Waals surface area contributed by atoms with Crippen LogP contribution >= 0.6 is 0 Å². The summed E-state index contributed by atoms with van der Waals surface area (Å²) < 4.78 is 7.22. The van der Waals surface area contributed by atoms with Crippen LogP contribution in [0.1, 0.15) is 12.1 Å². The summed E-state index contributed by atoms with van der Waals surface area (Å²) in [7, 11) is 1.86. The third kappa shape index (κ3) is 3.54. The van der Waals surface area contributed by atoms with Gasteiger partial charge in [-0.25, -0.2) is 0 Å². The highest BCUT2D eigenvalue weighted by Crippen LogP contribution is 2.02. The summed E-state index contributed by atoms with van der Waals surface area (Å²) in [5, 5.41) is 10.1. The summed E-state index contributed by atoms with van der Waals surface area (Å²) in [5.74, 6) is 0.0138. The number of hydrogen-bond donors (Lipinski definition) is 2. The van der Waals surface area contributed by atoms with Gasteiger partial charge < -0.3 is 15.4 Å². The Kier molecular flexibility index (Phi) is 4.11. The molecule has 1 aromatic rings. The van der Waals surface area contributed by atoms with E-state index < -0.39 is 0 Å². The lowest BCUT2D eigenvalue weighted by molar-refractivity contribution is -0.124. The van der Waals surface area contributed by atoms with Crippen LogP contribution in [-0.4, -0.2) is 41.5 Å². The Morgan fingerprint density at radius 1 is 1.76 bits per heavy atom. The SMILES string of the molecule is Cn1nccc1CNC(=O)CC1CNCCO1. The first-order chi connectivity index (χ1) is 8.25. The average Bonchev–Trinajstić information content (AvgIpc) is 2.74. The van der Waals surface area contributed by atoms with Crippen LogP contribution in [0.3, 0.4) is 0 Å². The summed E-state index contributed by atoms with van der Waals surface area (Å²) in [6, 6.07) is 1.89. The molecule has 1 aromatic heterocycles. The van der Waals surface area contributed by atoms with Gasteiger partial charge in [0, 0.05) is 26.3 Å². The zero-order valence-electron chi connectivity index (χ0n) is 9.98. The lowest BCUT2D eigenvalue weighted by Gasteiger charge is -2.23. The van der Waals surface area contributed by atoms with E-state index in [0.717, 1.165) is 18.8 Å². The Bertz CT molecular complexity index is 371. The first-order valence-corrected chi connectivity index (χ1v) is 5.81. The predicted octanol–water partition coefficient (Wildman–Crippen LogP) is -0.585. The monoisotopic (exact) mass is 238 g/mol. The zero-order valence-corrected chi connectivity index (χ0v) is 9.98. The molecule has 0 aliphatic carbocycles. The van der Waals surface area contributed by atoms with Gasteiger partial charge in [0.25, 0.3) is 0 Å². The minimum atomic E-state index is -0.00436. The van der Waals surface area contributed by atoms with E-state index in [9.17, 15) is 4.79 Å². The van der Waals surface area contributed by atoms with Crippen LogP contribution in [0.4, 0.5) is 0 Å². The van der Waals surface area contributed by atoms with Gasteiger partial charge in [0.15, 0.2) is 0 Å². The maximum Gasteiger partial charge on any atom is 0.222 e. The molecule has 6 nitrogen and oxygen atoms in total. The molecule has 1 aliphatic rings. The average molecular weight is 238 g/mol. The molecule has 94 valence electrons. The van der Waals surface area contributed by atoms with Gasteiger partial charge in [-0.1, -0.05) is 0 Å². The number of aromatic nitrogens is 2. The van der Waals surface area contributed by atoms with Crippen molar-refractivity contribution in [2.45, 2.75) is 19.1 Å². The van der Waals surface area contributed by atoms with Crippen molar-refractivity contribution < 1.29 is 9.53 Å². The molecule has 0 spiro atoms. The van der Waals surface area contributed by atoms with E-state index in [2.05, 4.69) is 15.7 Å². The minimum absolute atomic E-state index is 0.00436. The van der Waals surface area contributed by atoms with Crippen molar-refractivity contribution in [3.8, 4) is 0 Å². The molecule has 1 aliphatic heterocycles. The van der Waals surface area contributed by atoms with Crippen LogP contribution in [0.5, 0.6) is 0 Å². The number of aryl methyl sites for hydroxylation is 1. The first-order valence-electron chi connectivity index (χ1n) is 5.81. The van der Waals surface area contributed by atoms with Crippen molar-refractivity contribution in [1.82, 2.24) is 20.4 Å². The van der Waals surface area contributed by atoms with E-state index in [1.807, 2.05) is 13.1 Å². The van der Waals surface area contributed by atoms with Crippen LogP contribution in [-0.2, 0) is 23.1 Å². The van der Waals surface area contributed by atoms with E-state index in [1.54, 1.807) is 10.9 Å². The van der Waals surface area contributed by atoms with E-state index in [-0.39, 0.29) is 12.0 Å². The molecule has 2 N–H and O–H groups in total. The van der Waals surface area contributed by atoms with Gasteiger partial charge in [-0.2, -0.15) is 5.10 Å². The Morgan fingerprint density at radius 3 is 3.29 bits per heavy atom. The fourth-order valence-corrected chi connectivity index (χ4v) is 1.79. The molecule has 1 amide bonds. The van der Waals surface area contributed by atoms with Crippen molar-refractivity contribution in [3.05, 3.63) is 18.0 Å². The van der Waals surface area contributed by atoms with E-state index in [0.29, 0.717) is 19.6 Å². The fourth-order valence-electron chi connectivity index (χ4n) is 1.79. The number of nitrogens with one attached hydrogen (secondary N) is 2. The topological polar surface area (TPSA) is 68.2 Å². The van der Waals surface area contributed by atoms with Crippen LogP contribution < -0.4 is 10.6 Å². The van der Waals surface area contributed by atoms with Gasteiger partial charge in [0.2, 0.25) is 5.91 Å². The number of carbonyl (C=O) groups excluding carboxylic acids is 1. The third-order valence-electron chi connectivity index (χ3n) is 2.81. The van der Waals surface area contributed by atoms with Gasteiger partial charge >= 0.3 is 0 Å². The van der Waals surface area contributed by atoms with E-state index >= 15 is 0 Å². The highest BCUT2D eigenvalue weighted by molar-refractivity contribution is 5.76. The van der Waals surface area contributed by atoms with Crippen molar-refractivity contribution >= 4 is 5.91 Å². The van der Waals surface area contributed by atoms with Gasteiger partial charge in [0.1, 0.15) is 0 Å². The normalized spacial score (nSPS) is 20.2. The number of rotatable bonds is 4. The predicted molar refractivity (Wildman–Crippen MR) is 62.3 cm³/mol. The van der Waals surface area contributed by atoms with Gasteiger partial charge in [0.05, 0.1) is 31.4 Å². The molecule has 1 saturated heterocycles. The summed E-state index contributed by atoms with van der Waals surface area (Å²) in [5.41, 5.74) is 0.987. The summed E-state index contributed by atoms with van der Waals surface area (Å²) in [6.07, 6.45) is 2.12. The molecule has 2 heterocycles. The molecule has 0 aromatic carbocycles. The zero-order chi connectivity index (χ0) is 12.1. The number of hydrogen-bond acceptors (Lipinski definition) is 4. The molecule has 0 radical (unpaired) electrons. The molecule has 6 heteroatoms. The van der Waals surface area contributed by atoms with E-state index in [1.165, 1.54) is 0 Å². The number of ether oxygens (including phenoxy) is 1. The first kappa shape index (κ1) is 12.1. The lowest BCUT2D eigenvalue weighted by atomic mass is 10.2. The second-order valence-electron chi connectivity index (χ2n) is 4.12. The Labute approximate surface area is 100 Å². The maximum absolute atomic E-state index is 11.7. The van der Waals surface area contributed by atoms with Crippen molar-refractivity contribution in [2.75, 3.05) is 19.7 Å². The second-order valence-corrected chi connectivity index (χ2v) is 4.12. The smallest absolute Gasteiger partial charge is 0.222 e. The lowest BCUT2D eigenvalue weighted by Crippen LogP contribution is -2.41. The summed E-state index contributed by atoms with van der Waals surface area (Å²) in [6.45, 7) is 2.81. The molecule has 1 fully saturated rings. The van der Waals surface area contributed by atoms with Crippen LogP contribution in [0.25, 0.3) is 0 Å². The number of amides is 1. The quantitative estimate of drug-likeness (QED) is 0.736. The maximum atomic E-state index is 11.7. The Morgan fingerprint density at radius 2 is 2.65 bits per heavy atom. The minimum Gasteiger partial charge on any atom is -0.375 e. The van der Waals surface area contributed by atoms with Crippen molar-refractivity contribution in [2.24, 2.45) is 7.05 Å². The molecule has 0 bridgehead atoms.